The molecule has 3 nitrogen and oxygen atoms in total. The third-order valence-corrected chi connectivity index (χ3v) is 4.22. The van der Waals surface area contributed by atoms with Crippen LogP contribution in [0.1, 0.15) is 31.7 Å². The van der Waals surface area contributed by atoms with E-state index in [1.54, 1.807) is 6.33 Å². The van der Waals surface area contributed by atoms with E-state index in [0.717, 1.165) is 5.25 Å². The molecule has 1 aliphatic carbocycles. The van der Waals surface area contributed by atoms with Crippen LogP contribution in [0.5, 0.6) is 0 Å². The fourth-order valence-corrected chi connectivity index (χ4v) is 3.10. The Hall–Kier alpha value is -0.220. The van der Waals surface area contributed by atoms with Crippen LogP contribution in [0.4, 0.5) is 0 Å². The Morgan fingerprint density at radius 2 is 2.43 bits per heavy atom. The molecule has 1 heterocycles. The molecule has 2 unspecified atom stereocenters. The molecule has 2 atom stereocenters. The average molecular weight is 232 g/mol. The van der Waals surface area contributed by atoms with Crippen molar-refractivity contribution in [3.63, 3.8) is 0 Å². The summed E-state index contributed by atoms with van der Waals surface area (Å²) in [6.45, 7) is 0. The smallest absolute Gasteiger partial charge is 0.225 e. The van der Waals surface area contributed by atoms with E-state index in [9.17, 15) is 0 Å². The summed E-state index contributed by atoms with van der Waals surface area (Å²) >= 11 is 7.90. The summed E-state index contributed by atoms with van der Waals surface area (Å²) in [6, 6.07) is 0.503. The van der Waals surface area contributed by atoms with Crippen molar-refractivity contribution in [3.8, 4) is 0 Å². The molecule has 1 aromatic heterocycles. The van der Waals surface area contributed by atoms with Crippen LogP contribution in [0.3, 0.4) is 0 Å². The Balaban J connectivity index is 2.08. The second kappa shape index (κ2) is 4.53. The quantitative estimate of drug-likeness (QED) is 0.784. The summed E-state index contributed by atoms with van der Waals surface area (Å²) in [4.78, 5) is 0. The zero-order valence-corrected chi connectivity index (χ0v) is 9.76. The van der Waals surface area contributed by atoms with E-state index in [-0.39, 0.29) is 0 Å². The lowest BCUT2D eigenvalue weighted by Crippen LogP contribution is -2.20. The molecule has 0 bridgehead atoms. The normalized spacial score (nSPS) is 27.9. The van der Waals surface area contributed by atoms with Gasteiger partial charge in [0, 0.05) is 11.3 Å². The van der Waals surface area contributed by atoms with Crippen molar-refractivity contribution >= 4 is 23.4 Å². The van der Waals surface area contributed by atoms with Crippen LogP contribution in [0, 0.1) is 0 Å². The first-order valence-electron chi connectivity index (χ1n) is 4.89. The molecule has 1 fully saturated rings. The average Bonchev–Trinajstić information content (AvgIpc) is 2.65. The van der Waals surface area contributed by atoms with Crippen molar-refractivity contribution < 1.29 is 0 Å². The van der Waals surface area contributed by atoms with Crippen LogP contribution >= 0.6 is 23.4 Å². The van der Waals surface area contributed by atoms with E-state index in [4.69, 9.17) is 11.6 Å². The monoisotopic (exact) mass is 231 g/mol. The highest BCUT2D eigenvalue weighted by Crippen LogP contribution is 2.34. The van der Waals surface area contributed by atoms with Gasteiger partial charge >= 0.3 is 0 Å². The Labute approximate surface area is 93.2 Å². The van der Waals surface area contributed by atoms with E-state index in [2.05, 4.69) is 16.5 Å². The zero-order valence-electron chi connectivity index (χ0n) is 8.19. The van der Waals surface area contributed by atoms with Crippen molar-refractivity contribution in [2.75, 3.05) is 6.26 Å². The number of hydrogen-bond donors (Lipinski definition) is 0. The predicted molar refractivity (Wildman–Crippen MR) is 59.8 cm³/mol. The molecule has 0 radical (unpaired) electrons. The van der Waals surface area contributed by atoms with E-state index in [0.29, 0.717) is 11.3 Å². The van der Waals surface area contributed by atoms with Gasteiger partial charge in [-0.3, -0.25) is 0 Å². The van der Waals surface area contributed by atoms with Crippen molar-refractivity contribution in [1.29, 1.82) is 0 Å². The lowest BCUT2D eigenvalue weighted by molar-refractivity contribution is 0.360. The fraction of sp³-hybridized carbons (Fsp3) is 0.778. The SMILES string of the molecule is CSC1CCCC(n2cnnc2Cl)C1. The van der Waals surface area contributed by atoms with Gasteiger partial charge in [-0.1, -0.05) is 6.42 Å². The number of hydrogen-bond acceptors (Lipinski definition) is 3. The van der Waals surface area contributed by atoms with Crippen LogP contribution in [-0.4, -0.2) is 26.3 Å². The van der Waals surface area contributed by atoms with Crippen LogP contribution in [0.25, 0.3) is 0 Å². The van der Waals surface area contributed by atoms with Crippen LogP contribution in [-0.2, 0) is 0 Å². The first kappa shape index (κ1) is 10.3. The fourth-order valence-electron chi connectivity index (χ4n) is 2.06. The third kappa shape index (κ3) is 2.06. The maximum absolute atomic E-state index is 5.95. The van der Waals surface area contributed by atoms with Gasteiger partial charge in [0.25, 0.3) is 0 Å². The van der Waals surface area contributed by atoms with Crippen LogP contribution in [0.15, 0.2) is 6.33 Å². The Morgan fingerprint density at radius 3 is 3.07 bits per heavy atom. The molecule has 0 amide bonds. The maximum atomic E-state index is 5.95. The minimum absolute atomic E-state index is 0.503. The van der Waals surface area contributed by atoms with Gasteiger partial charge in [0.2, 0.25) is 5.28 Å². The standard InChI is InChI=1S/C9H14ClN3S/c1-14-8-4-2-3-7(5-8)13-6-11-12-9(13)10/h6-8H,2-5H2,1H3. The number of aromatic nitrogens is 3. The second-order valence-electron chi connectivity index (χ2n) is 3.69. The molecule has 2 rings (SSSR count). The van der Waals surface area contributed by atoms with Gasteiger partial charge in [-0.25, -0.2) is 0 Å². The summed E-state index contributed by atoms with van der Waals surface area (Å²) in [5.41, 5.74) is 0. The first-order chi connectivity index (χ1) is 6.81. The van der Waals surface area contributed by atoms with Gasteiger partial charge in [-0.05, 0) is 37.1 Å². The minimum Gasteiger partial charge on any atom is -0.301 e. The van der Waals surface area contributed by atoms with Gasteiger partial charge in [0.05, 0.1) is 0 Å². The molecular weight excluding hydrogens is 218 g/mol. The third-order valence-electron chi connectivity index (χ3n) is 2.85. The number of rotatable bonds is 2. The summed E-state index contributed by atoms with van der Waals surface area (Å²) < 4.78 is 2.00. The Morgan fingerprint density at radius 1 is 1.57 bits per heavy atom. The van der Waals surface area contributed by atoms with Crippen molar-refractivity contribution in [2.45, 2.75) is 37.0 Å². The molecule has 1 saturated carbocycles. The minimum atomic E-state index is 0.503. The molecule has 0 aromatic carbocycles. The number of halogens is 1. The maximum Gasteiger partial charge on any atom is 0.225 e. The van der Waals surface area contributed by atoms with E-state index in [1.807, 2.05) is 16.3 Å². The van der Waals surface area contributed by atoms with Crippen molar-refractivity contribution in [2.24, 2.45) is 0 Å². The van der Waals surface area contributed by atoms with Gasteiger partial charge < -0.3 is 4.57 Å². The molecule has 0 spiro atoms. The van der Waals surface area contributed by atoms with Gasteiger partial charge in [0.1, 0.15) is 6.33 Å². The molecule has 14 heavy (non-hydrogen) atoms. The van der Waals surface area contributed by atoms with Crippen LogP contribution < -0.4 is 0 Å². The Kier molecular flexibility index (Phi) is 3.34. The zero-order chi connectivity index (χ0) is 9.97. The summed E-state index contributed by atoms with van der Waals surface area (Å²) in [5.74, 6) is 0. The van der Waals surface area contributed by atoms with E-state index >= 15 is 0 Å². The lowest BCUT2D eigenvalue weighted by atomic mass is 9.95. The molecule has 0 N–H and O–H groups in total. The molecule has 78 valence electrons. The lowest BCUT2D eigenvalue weighted by Gasteiger charge is -2.28. The number of thioether (sulfide) groups is 1. The molecule has 5 heteroatoms. The highest BCUT2D eigenvalue weighted by molar-refractivity contribution is 7.99. The first-order valence-corrected chi connectivity index (χ1v) is 6.55. The number of nitrogens with zero attached hydrogens (tertiary/aromatic N) is 3. The Bertz CT molecular complexity index is 302. The largest absolute Gasteiger partial charge is 0.301 e. The second-order valence-corrected chi connectivity index (χ2v) is 5.16. The summed E-state index contributed by atoms with van der Waals surface area (Å²) in [5, 5.41) is 8.93. The van der Waals surface area contributed by atoms with Crippen molar-refractivity contribution in [3.05, 3.63) is 11.6 Å². The predicted octanol–water partition coefficient (Wildman–Crippen LogP) is 2.78. The van der Waals surface area contributed by atoms with Crippen LogP contribution in [0.2, 0.25) is 5.28 Å². The topological polar surface area (TPSA) is 30.7 Å². The van der Waals surface area contributed by atoms with Crippen molar-refractivity contribution in [1.82, 2.24) is 14.8 Å². The van der Waals surface area contributed by atoms with Gasteiger partial charge in [0.15, 0.2) is 0 Å². The summed E-state index contributed by atoms with van der Waals surface area (Å²) in [7, 11) is 0. The molecule has 0 saturated heterocycles. The van der Waals surface area contributed by atoms with E-state index in [1.165, 1.54) is 25.7 Å². The molecule has 1 aromatic rings. The van der Waals surface area contributed by atoms with E-state index < -0.39 is 0 Å². The molecule has 1 aliphatic rings. The van der Waals surface area contributed by atoms with Gasteiger partial charge in [-0.15, -0.1) is 10.2 Å². The summed E-state index contributed by atoms with van der Waals surface area (Å²) in [6.07, 6.45) is 8.94. The molecule has 0 aliphatic heterocycles. The van der Waals surface area contributed by atoms with Gasteiger partial charge in [-0.2, -0.15) is 11.8 Å². The molecular formula is C9H14ClN3S. The highest BCUT2D eigenvalue weighted by atomic mass is 35.5. The highest BCUT2D eigenvalue weighted by Gasteiger charge is 2.23.